The molecule has 6 nitrogen and oxygen atoms in total. The molecule has 0 saturated carbocycles. The lowest BCUT2D eigenvalue weighted by Gasteiger charge is -2.28. The van der Waals surface area contributed by atoms with E-state index in [1.807, 2.05) is 0 Å². The minimum Gasteiger partial charge on any atom is -0.478 e. The molecular weight excluding hydrogens is 282 g/mol. The number of nitrogens with zero attached hydrogens (tertiary/aromatic N) is 3. The molecule has 0 spiro atoms. The molecule has 0 saturated heterocycles. The van der Waals surface area contributed by atoms with E-state index >= 15 is 0 Å². The zero-order valence-corrected chi connectivity index (χ0v) is 11.9. The third kappa shape index (κ3) is 2.81. The van der Waals surface area contributed by atoms with Crippen molar-refractivity contribution >= 4 is 11.9 Å². The van der Waals surface area contributed by atoms with Crippen molar-refractivity contribution in [2.75, 3.05) is 6.54 Å². The van der Waals surface area contributed by atoms with Gasteiger partial charge in [-0.15, -0.1) is 0 Å². The Morgan fingerprint density at radius 1 is 1.27 bits per heavy atom. The maximum absolute atomic E-state index is 12.4. The summed E-state index contributed by atoms with van der Waals surface area (Å²) in [6, 6.07) is 6.60. The van der Waals surface area contributed by atoms with Crippen LogP contribution in [0.2, 0.25) is 0 Å². The molecule has 1 aliphatic rings. The molecule has 0 unspecified atom stereocenters. The molecule has 1 amide bonds. The van der Waals surface area contributed by atoms with Crippen molar-refractivity contribution in [3.8, 4) is 0 Å². The number of benzene rings is 1. The predicted octanol–water partition coefficient (Wildman–Crippen LogP) is 1.30. The Morgan fingerprint density at radius 3 is 2.91 bits per heavy atom. The van der Waals surface area contributed by atoms with Crippen LogP contribution in [0.5, 0.6) is 0 Å². The fourth-order valence-electron chi connectivity index (χ4n) is 2.62. The van der Waals surface area contributed by atoms with Gasteiger partial charge in [0.05, 0.1) is 24.2 Å². The Kier molecular flexibility index (Phi) is 3.82. The Balaban J connectivity index is 1.75. The first-order valence-corrected chi connectivity index (χ1v) is 7.02. The van der Waals surface area contributed by atoms with E-state index < -0.39 is 5.97 Å². The highest BCUT2D eigenvalue weighted by Crippen LogP contribution is 2.17. The van der Waals surface area contributed by atoms with Crippen LogP contribution in [0.3, 0.4) is 0 Å². The highest BCUT2D eigenvalue weighted by Gasteiger charge is 2.23. The van der Waals surface area contributed by atoms with Crippen molar-refractivity contribution < 1.29 is 14.7 Å². The van der Waals surface area contributed by atoms with Crippen LogP contribution in [0.1, 0.15) is 27.2 Å². The fourth-order valence-corrected chi connectivity index (χ4v) is 2.62. The molecule has 22 heavy (non-hydrogen) atoms. The standard InChI is InChI=1S/C16H15N3O3/c20-15(7-11-3-1-2-4-13(11)16(21)22)19-6-5-12-8-17-10-18-14(12)9-19/h1-4,8,10H,5-7,9H2,(H,21,22). The number of amides is 1. The second kappa shape index (κ2) is 5.93. The molecule has 6 heteroatoms. The Bertz CT molecular complexity index is 730. The van der Waals surface area contributed by atoms with Crippen molar-refractivity contribution in [1.82, 2.24) is 14.9 Å². The third-order valence-corrected chi connectivity index (χ3v) is 3.82. The van der Waals surface area contributed by atoms with Crippen LogP contribution in [0.25, 0.3) is 0 Å². The lowest BCUT2D eigenvalue weighted by Crippen LogP contribution is -2.37. The number of carboxylic acid groups (broad SMARTS) is 1. The highest BCUT2D eigenvalue weighted by molar-refractivity contribution is 5.91. The monoisotopic (exact) mass is 297 g/mol. The molecule has 0 radical (unpaired) electrons. The van der Waals surface area contributed by atoms with Gasteiger partial charge >= 0.3 is 5.97 Å². The number of carbonyl (C=O) groups is 2. The van der Waals surface area contributed by atoms with E-state index in [4.69, 9.17) is 0 Å². The molecule has 1 N–H and O–H groups in total. The van der Waals surface area contributed by atoms with Crippen LogP contribution in [-0.4, -0.2) is 38.4 Å². The summed E-state index contributed by atoms with van der Waals surface area (Å²) in [6.07, 6.45) is 4.07. The minimum absolute atomic E-state index is 0.0852. The van der Waals surface area contributed by atoms with Crippen molar-refractivity contribution in [1.29, 1.82) is 0 Å². The molecule has 2 aromatic rings. The van der Waals surface area contributed by atoms with Crippen LogP contribution in [0.4, 0.5) is 0 Å². The van der Waals surface area contributed by atoms with E-state index in [9.17, 15) is 14.7 Å². The molecule has 0 aliphatic carbocycles. The van der Waals surface area contributed by atoms with Crippen molar-refractivity contribution in [3.05, 3.63) is 59.2 Å². The number of carbonyl (C=O) groups excluding carboxylic acids is 1. The summed E-state index contributed by atoms with van der Waals surface area (Å²) < 4.78 is 0. The summed E-state index contributed by atoms with van der Waals surface area (Å²) in [7, 11) is 0. The van der Waals surface area contributed by atoms with E-state index in [0.717, 1.165) is 17.7 Å². The Labute approximate surface area is 127 Å². The van der Waals surface area contributed by atoms with E-state index in [0.29, 0.717) is 18.7 Å². The number of aromatic nitrogens is 2. The first-order valence-electron chi connectivity index (χ1n) is 7.02. The lowest BCUT2D eigenvalue weighted by atomic mass is 10.0. The number of fused-ring (bicyclic) bond motifs is 1. The van der Waals surface area contributed by atoms with Gasteiger partial charge in [-0.2, -0.15) is 0 Å². The van der Waals surface area contributed by atoms with E-state index in [1.54, 1.807) is 29.3 Å². The molecule has 0 atom stereocenters. The van der Waals surface area contributed by atoms with Crippen LogP contribution in [0.15, 0.2) is 36.8 Å². The first kappa shape index (κ1) is 14.2. The Morgan fingerprint density at radius 2 is 2.09 bits per heavy atom. The van der Waals surface area contributed by atoms with Crippen LogP contribution < -0.4 is 0 Å². The van der Waals surface area contributed by atoms with Gasteiger partial charge in [-0.1, -0.05) is 18.2 Å². The van der Waals surface area contributed by atoms with Gasteiger partial charge in [0.15, 0.2) is 0 Å². The average Bonchev–Trinajstić information content (AvgIpc) is 2.54. The predicted molar refractivity (Wildman–Crippen MR) is 78.3 cm³/mol. The smallest absolute Gasteiger partial charge is 0.335 e. The maximum atomic E-state index is 12.4. The number of carboxylic acids is 1. The van der Waals surface area contributed by atoms with Gasteiger partial charge in [0.1, 0.15) is 6.33 Å². The molecule has 1 aliphatic heterocycles. The molecule has 0 fully saturated rings. The quantitative estimate of drug-likeness (QED) is 0.923. The molecule has 1 aromatic carbocycles. The largest absolute Gasteiger partial charge is 0.478 e. The van der Waals surface area contributed by atoms with Gasteiger partial charge in [-0.05, 0) is 23.6 Å². The van der Waals surface area contributed by atoms with Crippen LogP contribution >= 0.6 is 0 Å². The van der Waals surface area contributed by atoms with E-state index in [1.165, 1.54) is 12.4 Å². The Hall–Kier alpha value is -2.76. The second-order valence-electron chi connectivity index (χ2n) is 5.20. The van der Waals surface area contributed by atoms with Gasteiger partial charge in [-0.3, -0.25) is 4.79 Å². The lowest BCUT2D eigenvalue weighted by molar-refractivity contribution is -0.131. The summed E-state index contributed by atoms with van der Waals surface area (Å²) >= 11 is 0. The summed E-state index contributed by atoms with van der Waals surface area (Å²) in [5, 5.41) is 9.18. The van der Waals surface area contributed by atoms with E-state index in [2.05, 4.69) is 9.97 Å². The number of aromatic carboxylic acids is 1. The van der Waals surface area contributed by atoms with Gasteiger partial charge in [0.2, 0.25) is 5.91 Å². The third-order valence-electron chi connectivity index (χ3n) is 3.82. The first-order chi connectivity index (χ1) is 10.6. The zero-order chi connectivity index (χ0) is 15.5. The molecule has 112 valence electrons. The molecule has 3 rings (SSSR count). The molecular formula is C16H15N3O3. The second-order valence-corrected chi connectivity index (χ2v) is 5.20. The topological polar surface area (TPSA) is 83.4 Å². The zero-order valence-electron chi connectivity index (χ0n) is 11.9. The normalized spacial score (nSPS) is 13.5. The number of hydrogen-bond acceptors (Lipinski definition) is 4. The number of rotatable bonds is 3. The van der Waals surface area contributed by atoms with E-state index in [-0.39, 0.29) is 17.9 Å². The van der Waals surface area contributed by atoms with Gasteiger partial charge in [0.25, 0.3) is 0 Å². The maximum Gasteiger partial charge on any atom is 0.335 e. The summed E-state index contributed by atoms with van der Waals surface area (Å²) in [6.45, 7) is 1.06. The van der Waals surface area contributed by atoms with Crippen LogP contribution in [-0.2, 0) is 24.2 Å². The average molecular weight is 297 g/mol. The van der Waals surface area contributed by atoms with Crippen molar-refractivity contribution in [2.24, 2.45) is 0 Å². The molecule has 0 bridgehead atoms. The molecule has 2 heterocycles. The summed E-state index contributed by atoms with van der Waals surface area (Å²) in [5.41, 5.74) is 2.64. The summed E-state index contributed by atoms with van der Waals surface area (Å²) in [5.74, 6) is -1.10. The minimum atomic E-state index is -1.01. The van der Waals surface area contributed by atoms with Crippen molar-refractivity contribution in [2.45, 2.75) is 19.4 Å². The van der Waals surface area contributed by atoms with Crippen molar-refractivity contribution in [3.63, 3.8) is 0 Å². The van der Waals surface area contributed by atoms with Gasteiger partial charge in [-0.25, -0.2) is 14.8 Å². The number of hydrogen-bond donors (Lipinski definition) is 1. The highest BCUT2D eigenvalue weighted by atomic mass is 16.4. The van der Waals surface area contributed by atoms with Crippen LogP contribution in [0, 0.1) is 0 Å². The van der Waals surface area contributed by atoms with Gasteiger partial charge < -0.3 is 10.0 Å². The van der Waals surface area contributed by atoms with Gasteiger partial charge in [0, 0.05) is 12.7 Å². The summed E-state index contributed by atoms with van der Waals surface area (Å²) in [4.78, 5) is 33.6. The molecule has 1 aromatic heterocycles. The SMILES string of the molecule is O=C(O)c1ccccc1CC(=O)N1CCc2cncnc2C1. The fraction of sp³-hybridized carbons (Fsp3) is 0.250.